The Balaban J connectivity index is 1.77. The third-order valence-electron chi connectivity index (χ3n) is 4.79. The molecule has 3 rings (SSSR count). The number of carbonyl (C=O) groups is 1. The van der Waals surface area contributed by atoms with E-state index in [1.807, 2.05) is 12.1 Å². The van der Waals surface area contributed by atoms with Crippen LogP contribution in [0.15, 0.2) is 24.3 Å². The van der Waals surface area contributed by atoms with Gasteiger partial charge in [0.15, 0.2) is 5.78 Å². The minimum absolute atomic E-state index is 0.140. The number of hydrogen-bond acceptors (Lipinski definition) is 3. The van der Waals surface area contributed by atoms with Crippen LogP contribution >= 0.6 is 0 Å². The molecule has 2 unspecified atom stereocenters. The molecule has 3 nitrogen and oxygen atoms in total. The van der Waals surface area contributed by atoms with Crippen molar-refractivity contribution in [1.82, 2.24) is 4.90 Å². The summed E-state index contributed by atoms with van der Waals surface area (Å²) in [5, 5.41) is 0. The average Bonchev–Trinajstić information content (AvgIpc) is 2.63. The molecule has 102 valence electrons. The highest BCUT2D eigenvalue weighted by molar-refractivity contribution is 5.94. The molecule has 0 spiro atoms. The van der Waals surface area contributed by atoms with Crippen LogP contribution in [-0.2, 0) is 0 Å². The van der Waals surface area contributed by atoms with Gasteiger partial charge in [-0.25, -0.2) is 0 Å². The van der Waals surface area contributed by atoms with Gasteiger partial charge in [-0.15, -0.1) is 0 Å². The second-order valence-electron chi connectivity index (χ2n) is 5.89. The molecule has 2 aliphatic rings. The molecule has 2 bridgehead atoms. The predicted octanol–water partition coefficient (Wildman–Crippen LogP) is 2.56. The van der Waals surface area contributed by atoms with Crippen LogP contribution in [-0.4, -0.2) is 42.9 Å². The summed E-state index contributed by atoms with van der Waals surface area (Å²) in [5.41, 5.74) is 2.06. The van der Waals surface area contributed by atoms with Gasteiger partial charge in [-0.05, 0) is 57.5 Å². The summed E-state index contributed by atoms with van der Waals surface area (Å²) >= 11 is 0. The zero-order valence-electron chi connectivity index (χ0n) is 11.8. The Hall–Kier alpha value is -1.35. The topological polar surface area (TPSA) is 23.6 Å². The molecule has 0 saturated carbocycles. The Morgan fingerprint density at radius 2 is 1.79 bits per heavy atom. The predicted molar refractivity (Wildman–Crippen MR) is 77.8 cm³/mol. The van der Waals surface area contributed by atoms with Crippen molar-refractivity contribution in [2.24, 2.45) is 0 Å². The largest absolute Gasteiger partial charge is 0.370 e. The van der Waals surface area contributed by atoms with Crippen molar-refractivity contribution in [1.29, 1.82) is 0 Å². The third kappa shape index (κ3) is 2.39. The summed E-state index contributed by atoms with van der Waals surface area (Å²) < 4.78 is 0. The molecule has 2 saturated heterocycles. The molecular formula is C16H22N2O. The second kappa shape index (κ2) is 4.97. The van der Waals surface area contributed by atoms with Gasteiger partial charge in [-0.3, -0.25) is 9.69 Å². The number of hydrogen-bond donors (Lipinski definition) is 0. The van der Waals surface area contributed by atoms with Gasteiger partial charge in [0, 0.05) is 36.4 Å². The first kappa shape index (κ1) is 12.7. The summed E-state index contributed by atoms with van der Waals surface area (Å²) in [4.78, 5) is 16.4. The molecule has 0 radical (unpaired) electrons. The Labute approximate surface area is 115 Å². The first-order valence-electron chi connectivity index (χ1n) is 7.23. The molecule has 2 fully saturated rings. The van der Waals surface area contributed by atoms with Crippen molar-refractivity contribution in [3.05, 3.63) is 29.8 Å². The smallest absolute Gasteiger partial charge is 0.159 e. The van der Waals surface area contributed by atoms with Gasteiger partial charge in [0.05, 0.1) is 0 Å². The minimum atomic E-state index is 0.140. The van der Waals surface area contributed by atoms with Crippen LogP contribution < -0.4 is 4.90 Å². The first-order valence-corrected chi connectivity index (χ1v) is 7.23. The lowest BCUT2D eigenvalue weighted by atomic mass is 10.1. The summed E-state index contributed by atoms with van der Waals surface area (Å²) in [6.07, 6.45) is 3.93. The van der Waals surface area contributed by atoms with Gasteiger partial charge in [0.25, 0.3) is 0 Å². The number of anilines is 1. The third-order valence-corrected chi connectivity index (χ3v) is 4.79. The monoisotopic (exact) mass is 258 g/mol. The summed E-state index contributed by atoms with van der Waals surface area (Å²) in [6, 6.07) is 9.55. The lowest BCUT2D eigenvalue weighted by Gasteiger charge is -2.27. The highest BCUT2D eigenvalue weighted by atomic mass is 16.1. The summed E-state index contributed by atoms with van der Waals surface area (Å²) in [7, 11) is 2.27. The minimum Gasteiger partial charge on any atom is -0.370 e. The number of ketones is 1. The fourth-order valence-electron chi connectivity index (χ4n) is 3.45. The Morgan fingerprint density at radius 3 is 2.47 bits per heavy atom. The molecule has 3 heteroatoms. The molecular weight excluding hydrogens is 236 g/mol. The molecule has 19 heavy (non-hydrogen) atoms. The highest BCUT2D eigenvalue weighted by Gasteiger charge is 2.34. The van der Waals surface area contributed by atoms with Gasteiger partial charge in [-0.2, -0.15) is 0 Å². The van der Waals surface area contributed by atoms with E-state index < -0.39 is 0 Å². The number of carbonyl (C=O) groups excluding carboxylic acids is 1. The standard InChI is InChI=1S/C16H22N2O/c1-12(19)13-3-5-15(6-4-13)18-10-9-14-7-8-16(11-18)17(14)2/h3-6,14,16H,7-11H2,1-2H3. The molecule has 0 aromatic heterocycles. The van der Waals surface area contributed by atoms with E-state index in [9.17, 15) is 4.79 Å². The molecule has 2 atom stereocenters. The lowest BCUT2D eigenvalue weighted by Crippen LogP contribution is -2.36. The van der Waals surface area contributed by atoms with Crippen LogP contribution in [0.4, 0.5) is 5.69 Å². The van der Waals surface area contributed by atoms with Crippen molar-refractivity contribution in [2.45, 2.75) is 38.3 Å². The van der Waals surface area contributed by atoms with E-state index in [-0.39, 0.29) is 5.78 Å². The van der Waals surface area contributed by atoms with Gasteiger partial charge in [0.1, 0.15) is 0 Å². The zero-order chi connectivity index (χ0) is 13.4. The maximum absolute atomic E-state index is 11.3. The Morgan fingerprint density at radius 1 is 1.11 bits per heavy atom. The van der Waals surface area contributed by atoms with E-state index >= 15 is 0 Å². The van der Waals surface area contributed by atoms with Crippen LogP contribution in [0.3, 0.4) is 0 Å². The average molecular weight is 258 g/mol. The van der Waals surface area contributed by atoms with Crippen LogP contribution in [0.5, 0.6) is 0 Å². The van der Waals surface area contributed by atoms with Crippen molar-refractivity contribution in [3.8, 4) is 0 Å². The van der Waals surface area contributed by atoms with Crippen LogP contribution in [0.2, 0.25) is 0 Å². The maximum Gasteiger partial charge on any atom is 0.159 e. The summed E-state index contributed by atoms with van der Waals surface area (Å²) in [5.74, 6) is 0.140. The fraction of sp³-hybridized carbons (Fsp3) is 0.562. The van der Waals surface area contributed by atoms with Crippen LogP contribution in [0.1, 0.15) is 36.5 Å². The maximum atomic E-state index is 11.3. The summed E-state index contributed by atoms with van der Waals surface area (Å²) in [6.45, 7) is 3.87. The second-order valence-corrected chi connectivity index (χ2v) is 5.89. The number of rotatable bonds is 2. The molecule has 1 aromatic carbocycles. The Bertz CT molecular complexity index is 468. The van der Waals surface area contributed by atoms with E-state index in [2.05, 4.69) is 29.0 Å². The van der Waals surface area contributed by atoms with Gasteiger partial charge in [-0.1, -0.05) is 0 Å². The molecule has 0 amide bonds. The zero-order valence-corrected chi connectivity index (χ0v) is 11.8. The van der Waals surface area contributed by atoms with Crippen molar-refractivity contribution < 1.29 is 4.79 Å². The van der Waals surface area contributed by atoms with Gasteiger partial charge < -0.3 is 4.90 Å². The van der Waals surface area contributed by atoms with E-state index in [1.54, 1.807) is 6.92 Å². The molecule has 2 heterocycles. The first-order chi connectivity index (χ1) is 9.15. The van der Waals surface area contributed by atoms with Crippen molar-refractivity contribution in [3.63, 3.8) is 0 Å². The fourth-order valence-corrected chi connectivity index (χ4v) is 3.45. The van der Waals surface area contributed by atoms with Crippen LogP contribution in [0.25, 0.3) is 0 Å². The number of fused-ring (bicyclic) bond motifs is 2. The van der Waals surface area contributed by atoms with E-state index in [0.29, 0.717) is 6.04 Å². The van der Waals surface area contributed by atoms with Crippen molar-refractivity contribution in [2.75, 3.05) is 25.0 Å². The Kier molecular flexibility index (Phi) is 3.31. The number of nitrogens with zero attached hydrogens (tertiary/aromatic N) is 2. The molecule has 1 aromatic rings. The number of likely N-dealkylation sites (N-methyl/N-ethyl adjacent to an activating group) is 1. The van der Waals surface area contributed by atoms with E-state index in [1.165, 1.54) is 24.9 Å². The number of Topliss-reactive ketones (excluding diaryl/α,β-unsaturated/α-hetero) is 1. The normalized spacial score (nSPS) is 27.4. The van der Waals surface area contributed by atoms with Crippen LogP contribution in [0, 0.1) is 0 Å². The lowest BCUT2D eigenvalue weighted by molar-refractivity contribution is 0.101. The molecule has 0 aliphatic carbocycles. The molecule has 2 aliphatic heterocycles. The van der Waals surface area contributed by atoms with E-state index in [4.69, 9.17) is 0 Å². The number of benzene rings is 1. The van der Waals surface area contributed by atoms with E-state index in [0.717, 1.165) is 24.7 Å². The van der Waals surface area contributed by atoms with Gasteiger partial charge in [0.2, 0.25) is 0 Å². The SMILES string of the molecule is CC(=O)c1ccc(N2CCC3CCC(C2)N3C)cc1. The van der Waals surface area contributed by atoms with Crippen molar-refractivity contribution >= 4 is 11.5 Å². The molecule has 0 N–H and O–H groups in total. The van der Waals surface area contributed by atoms with Gasteiger partial charge >= 0.3 is 0 Å². The highest BCUT2D eigenvalue weighted by Crippen LogP contribution is 2.30. The quantitative estimate of drug-likeness (QED) is 0.762.